The molecule has 0 N–H and O–H groups in total. The second kappa shape index (κ2) is 13.4. The molecule has 1 aromatic heterocycles. The van der Waals surface area contributed by atoms with Gasteiger partial charge in [-0.25, -0.2) is 0 Å². The predicted molar refractivity (Wildman–Crippen MR) is 228 cm³/mol. The SMILES string of the molecule is c1ccc(-c2ccccc2-c2ccc(N(c3ccc4ccccc4c3)c3ccc4cc(-c5cccc(-c6cc7ccccc7o6)c5)ccc4c3)cc2)cc1. The molecule has 1 heterocycles. The predicted octanol–water partition coefficient (Wildman–Crippen LogP) is 14.9. The van der Waals surface area contributed by atoms with Gasteiger partial charge in [-0.3, -0.25) is 0 Å². The van der Waals surface area contributed by atoms with Crippen molar-refractivity contribution in [2.75, 3.05) is 4.90 Å². The highest BCUT2D eigenvalue weighted by molar-refractivity contribution is 5.95. The second-order valence-electron chi connectivity index (χ2n) is 13.8. The van der Waals surface area contributed by atoms with Gasteiger partial charge in [0, 0.05) is 28.0 Å². The van der Waals surface area contributed by atoms with Gasteiger partial charge >= 0.3 is 0 Å². The Kier molecular flexibility index (Phi) is 7.85. The highest BCUT2D eigenvalue weighted by atomic mass is 16.3. The van der Waals surface area contributed by atoms with Crippen LogP contribution in [-0.2, 0) is 0 Å². The molecule has 10 rings (SSSR count). The van der Waals surface area contributed by atoms with Crippen molar-refractivity contribution in [1.82, 2.24) is 0 Å². The van der Waals surface area contributed by atoms with Crippen molar-refractivity contribution >= 4 is 49.6 Å². The zero-order chi connectivity index (χ0) is 35.8. The van der Waals surface area contributed by atoms with Crippen LogP contribution < -0.4 is 4.90 Å². The largest absolute Gasteiger partial charge is 0.456 e. The average molecular weight is 690 g/mol. The van der Waals surface area contributed by atoms with E-state index in [2.05, 4.69) is 199 Å². The molecule has 0 aliphatic heterocycles. The number of hydrogen-bond acceptors (Lipinski definition) is 2. The summed E-state index contributed by atoms with van der Waals surface area (Å²) in [6.07, 6.45) is 0. The molecule has 54 heavy (non-hydrogen) atoms. The molecule has 0 amide bonds. The Bertz CT molecular complexity index is 2910. The van der Waals surface area contributed by atoms with Crippen molar-refractivity contribution < 1.29 is 4.42 Å². The maximum atomic E-state index is 6.20. The smallest absolute Gasteiger partial charge is 0.135 e. The molecule has 0 spiro atoms. The van der Waals surface area contributed by atoms with E-state index in [-0.39, 0.29) is 0 Å². The van der Waals surface area contributed by atoms with Crippen LogP contribution >= 0.6 is 0 Å². The summed E-state index contributed by atoms with van der Waals surface area (Å²) in [5.74, 6) is 0.880. The number of benzene rings is 9. The molecule has 254 valence electrons. The normalized spacial score (nSPS) is 11.3. The van der Waals surface area contributed by atoms with E-state index >= 15 is 0 Å². The van der Waals surface area contributed by atoms with Crippen LogP contribution in [0, 0.1) is 0 Å². The van der Waals surface area contributed by atoms with Crippen LogP contribution in [-0.4, -0.2) is 0 Å². The Hall–Kier alpha value is -7.16. The maximum absolute atomic E-state index is 6.20. The number of nitrogens with zero attached hydrogens (tertiary/aromatic N) is 1. The van der Waals surface area contributed by atoms with Crippen LogP contribution in [0.5, 0.6) is 0 Å². The monoisotopic (exact) mass is 689 g/mol. The molecule has 9 aromatic carbocycles. The summed E-state index contributed by atoms with van der Waals surface area (Å²) in [5, 5.41) is 5.93. The molecule has 0 aliphatic rings. The van der Waals surface area contributed by atoms with E-state index in [1.54, 1.807) is 0 Å². The van der Waals surface area contributed by atoms with Gasteiger partial charge in [0.25, 0.3) is 0 Å². The fourth-order valence-electron chi connectivity index (χ4n) is 7.69. The number of para-hydroxylation sites is 1. The van der Waals surface area contributed by atoms with Gasteiger partial charge in [0.15, 0.2) is 0 Å². The summed E-state index contributed by atoms with van der Waals surface area (Å²) >= 11 is 0. The maximum Gasteiger partial charge on any atom is 0.135 e. The van der Waals surface area contributed by atoms with Gasteiger partial charge < -0.3 is 9.32 Å². The van der Waals surface area contributed by atoms with Crippen molar-refractivity contribution in [2.45, 2.75) is 0 Å². The molecule has 0 unspecified atom stereocenters. The molecule has 0 radical (unpaired) electrons. The van der Waals surface area contributed by atoms with Crippen molar-refractivity contribution in [3.05, 3.63) is 212 Å². The Morgan fingerprint density at radius 2 is 0.778 bits per heavy atom. The van der Waals surface area contributed by atoms with Crippen LogP contribution in [0.3, 0.4) is 0 Å². The van der Waals surface area contributed by atoms with E-state index in [9.17, 15) is 0 Å². The number of anilines is 3. The summed E-state index contributed by atoms with van der Waals surface area (Å²) in [4.78, 5) is 2.36. The topological polar surface area (TPSA) is 16.4 Å². The van der Waals surface area contributed by atoms with E-state index in [1.807, 2.05) is 18.2 Å². The Labute approximate surface area is 314 Å². The van der Waals surface area contributed by atoms with E-state index in [0.717, 1.165) is 44.9 Å². The molecule has 0 saturated carbocycles. The summed E-state index contributed by atoms with van der Waals surface area (Å²) < 4.78 is 6.20. The minimum atomic E-state index is 0.880. The minimum Gasteiger partial charge on any atom is -0.456 e. The van der Waals surface area contributed by atoms with Crippen LogP contribution in [0.1, 0.15) is 0 Å². The zero-order valence-electron chi connectivity index (χ0n) is 29.6. The average Bonchev–Trinajstić information content (AvgIpc) is 3.69. The van der Waals surface area contributed by atoms with E-state index < -0.39 is 0 Å². The van der Waals surface area contributed by atoms with Crippen molar-refractivity contribution in [2.24, 2.45) is 0 Å². The minimum absolute atomic E-state index is 0.880. The van der Waals surface area contributed by atoms with Crippen molar-refractivity contribution in [1.29, 1.82) is 0 Å². The van der Waals surface area contributed by atoms with Gasteiger partial charge in [-0.15, -0.1) is 0 Å². The van der Waals surface area contributed by atoms with Crippen molar-refractivity contribution in [3.63, 3.8) is 0 Å². The Morgan fingerprint density at radius 3 is 1.54 bits per heavy atom. The zero-order valence-corrected chi connectivity index (χ0v) is 29.6. The summed E-state index contributed by atoms with van der Waals surface area (Å²) in [6, 6.07) is 76.0. The molecule has 0 bridgehead atoms. The molecule has 0 saturated heterocycles. The lowest BCUT2D eigenvalue weighted by Gasteiger charge is -2.26. The first kappa shape index (κ1) is 31.6. The molecule has 0 atom stereocenters. The lowest BCUT2D eigenvalue weighted by molar-refractivity contribution is 0.631. The molecule has 2 heteroatoms. The van der Waals surface area contributed by atoms with Crippen LogP contribution in [0.25, 0.3) is 77.2 Å². The van der Waals surface area contributed by atoms with Crippen molar-refractivity contribution in [3.8, 4) is 44.7 Å². The van der Waals surface area contributed by atoms with E-state index in [0.29, 0.717) is 0 Å². The molecular weight excluding hydrogens is 655 g/mol. The van der Waals surface area contributed by atoms with Gasteiger partial charge in [-0.2, -0.15) is 0 Å². The standard InChI is InChI=1S/C52H35NO/c1-2-12-37(13-3-1)49-18-7-8-19-50(49)38-24-27-46(28-25-38)53(47-29-23-36-11-4-5-14-40(36)33-47)48-30-26-42-31-41(21-22-43(42)34-48)39-16-10-17-44(32-39)52-35-45-15-6-9-20-51(45)54-52/h1-35H. The highest BCUT2D eigenvalue weighted by Gasteiger charge is 2.16. The van der Waals surface area contributed by atoms with Gasteiger partial charge in [0.1, 0.15) is 11.3 Å². The Balaban J connectivity index is 1.02. The van der Waals surface area contributed by atoms with Gasteiger partial charge in [0.2, 0.25) is 0 Å². The quantitative estimate of drug-likeness (QED) is 0.166. The van der Waals surface area contributed by atoms with E-state index in [4.69, 9.17) is 4.42 Å². The summed E-state index contributed by atoms with van der Waals surface area (Å²) in [5.41, 5.74) is 12.5. The molecule has 2 nitrogen and oxygen atoms in total. The van der Waals surface area contributed by atoms with Crippen LogP contribution in [0.15, 0.2) is 217 Å². The summed E-state index contributed by atoms with van der Waals surface area (Å²) in [7, 11) is 0. The molecular formula is C52H35NO. The molecule has 10 aromatic rings. The lowest BCUT2D eigenvalue weighted by Crippen LogP contribution is -2.10. The first-order valence-corrected chi connectivity index (χ1v) is 18.4. The third kappa shape index (κ3) is 5.90. The van der Waals surface area contributed by atoms with E-state index in [1.165, 1.54) is 49.4 Å². The molecule has 0 fully saturated rings. The fraction of sp³-hybridized carbons (Fsp3) is 0. The molecule has 0 aliphatic carbocycles. The number of furan rings is 1. The number of hydrogen-bond donors (Lipinski definition) is 0. The van der Waals surface area contributed by atoms with Gasteiger partial charge in [-0.1, -0.05) is 152 Å². The van der Waals surface area contributed by atoms with Crippen LogP contribution in [0.2, 0.25) is 0 Å². The first-order chi connectivity index (χ1) is 26.7. The van der Waals surface area contributed by atoms with Gasteiger partial charge in [-0.05, 0) is 116 Å². The third-order valence-corrected chi connectivity index (χ3v) is 10.4. The van der Waals surface area contributed by atoms with Gasteiger partial charge in [0.05, 0.1) is 0 Å². The third-order valence-electron chi connectivity index (χ3n) is 10.4. The summed E-state index contributed by atoms with van der Waals surface area (Å²) in [6.45, 7) is 0. The number of fused-ring (bicyclic) bond motifs is 3. The second-order valence-corrected chi connectivity index (χ2v) is 13.8. The lowest BCUT2D eigenvalue weighted by atomic mass is 9.94. The number of rotatable bonds is 7. The fourth-order valence-corrected chi connectivity index (χ4v) is 7.69. The van der Waals surface area contributed by atoms with Crippen LogP contribution in [0.4, 0.5) is 17.1 Å². The Morgan fingerprint density at radius 1 is 0.278 bits per heavy atom. The highest BCUT2D eigenvalue weighted by Crippen LogP contribution is 2.40. The first-order valence-electron chi connectivity index (χ1n) is 18.4.